The maximum absolute atomic E-state index is 13.1. The lowest BCUT2D eigenvalue weighted by atomic mass is 9.92. The van der Waals surface area contributed by atoms with Crippen LogP contribution in [0.1, 0.15) is 36.3 Å². The number of amides is 1. The van der Waals surface area contributed by atoms with Gasteiger partial charge in [-0.05, 0) is 42.9 Å². The molecule has 0 saturated carbocycles. The Balaban J connectivity index is 1.87. The molecule has 0 bridgehead atoms. The first-order valence-corrected chi connectivity index (χ1v) is 9.13. The summed E-state index contributed by atoms with van der Waals surface area (Å²) in [5, 5.41) is 0.483. The van der Waals surface area contributed by atoms with Crippen LogP contribution in [-0.2, 0) is 7.05 Å². The second kappa shape index (κ2) is 5.97. The first-order valence-electron chi connectivity index (χ1n) is 9.13. The third-order valence-electron chi connectivity index (χ3n) is 5.40. The van der Waals surface area contributed by atoms with Gasteiger partial charge >= 0.3 is 0 Å². The number of nitrogens with zero attached hydrogens (tertiary/aromatic N) is 4. The maximum Gasteiger partial charge on any atom is 0.270 e. The van der Waals surface area contributed by atoms with Crippen molar-refractivity contribution in [3.05, 3.63) is 46.0 Å². The van der Waals surface area contributed by atoms with Gasteiger partial charge in [0, 0.05) is 26.3 Å². The molecular weight excluding hydrogens is 328 g/mol. The number of hydrogen-bond acceptors (Lipinski definition) is 3. The van der Waals surface area contributed by atoms with Gasteiger partial charge in [-0.15, -0.1) is 0 Å². The molecule has 1 fully saturated rings. The minimum atomic E-state index is -0.135. The van der Waals surface area contributed by atoms with E-state index in [0.717, 1.165) is 25.1 Å². The Kier molecular flexibility index (Phi) is 3.86. The molecule has 4 rings (SSSR count). The molecule has 1 aliphatic rings. The van der Waals surface area contributed by atoms with Crippen molar-refractivity contribution < 1.29 is 4.79 Å². The average molecular weight is 352 g/mol. The zero-order chi connectivity index (χ0) is 18.6. The molecule has 26 heavy (non-hydrogen) atoms. The summed E-state index contributed by atoms with van der Waals surface area (Å²) >= 11 is 0. The highest BCUT2D eigenvalue weighted by atomic mass is 16.2. The van der Waals surface area contributed by atoms with Crippen molar-refractivity contribution in [2.45, 2.75) is 27.2 Å². The van der Waals surface area contributed by atoms with Crippen molar-refractivity contribution >= 4 is 22.6 Å². The van der Waals surface area contributed by atoms with Gasteiger partial charge in [0.15, 0.2) is 0 Å². The van der Waals surface area contributed by atoms with Crippen molar-refractivity contribution in [3.63, 3.8) is 0 Å². The Hall–Kier alpha value is -2.63. The van der Waals surface area contributed by atoms with Crippen molar-refractivity contribution in [2.24, 2.45) is 18.9 Å². The highest BCUT2D eigenvalue weighted by Gasteiger charge is 2.28. The normalized spacial score (nSPS) is 20.8. The lowest BCUT2D eigenvalue weighted by molar-refractivity contribution is 0.0614. The fourth-order valence-electron chi connectivity index (χ4n) is 4.23. The molecule has 2 atom stereocenters. The Morgan fingerprint density at radius 3 is 2.58 bits per heavy atom. The molecule has 1 aliphatic heterocycles. The standard InChI is InChI=1S/C20H24N4O2/c1-12-8-13(2)11-23(10-12)20(26)16-9-15-18(22(16)4)21-17-14(3)6-5-7-24(17)19(15)25/h5-7,9,12-13H,8,10-11H2,1-4H3/t12-,13-/m0/s1. The summed E-state index contributed by atoms with van der Waals surface area (Å²) in [7, 11) is 1.81. The number of carbonyl (C=O) groups is 1. The third kappa shape index (κ3) is 2.52. The van der Waals surface area contributed by atoms with Crippen LogP contribution in [0.25, 0.3) is 16.7 Å². The summed E-state index contributed by atoms with van der Waals surface area (Å²) in [5.41, 5.74) is 2.51. The van der Waals surface area contributed by atoms with Crippen molar-refractivity contribution in [1.29, 1.82) is 0 Å². The zero-order valence-electron chi connectivity index (χ0n) is 15.7. The van der Waals surface area contributed by atoms with Crippen LogP contribution >= 0.6 is 0 Å². The van der Waals surface area contributed by atoms with Crippen molar-refractivity contribution in [1.82, 2.24) is 18.9 Å². The summed E-state index contributed by atoms with van der Waals surface area (Å²) in [6, 6.07) is 5.47. The number of piperidine rings is 1. The van der Waals surface area contributed by atoms with E-state index >= 15 is 0 Å². The number of fused-ring (bicyclic) bond motifs is 2. The number of likely N-dealkylation sites (tertiary alicyclic amines) is 1. The van der Waals surface area contributed by atoms with E-state index in [4.69, 9.17) is 0 Å². The molecule has 136 valence electrons. The molecule has 0 aliphatic carbocycles. The van der Waals surface area contributed by atoms with Gasteiger partial charge in [0.25, 0.3) is 11.5 Å². The minimum Gasteiger partial charge on any atom is -0.337 e. The van der Waals surface area contributed by atoms with Crippen molar-refractivity contribution in [2.75, 3.05) is 13.1 Å². The topological polar surface area (TPSA) is 59.6 Å². The number of carbonyl (C=O) groups excluding carboxylic acids is 1. The van der Waals surface area contributed by atoms with Crippen LogP contribution in [0.2, 0.25) is 0 Å². The Bertz CT molecular complexity index is 1070. The Labute approximate surface area is 152 Å². The van der Waals surface area contributed by atoms with Crippen LogP contribution < -0.4 is 5.56 Å². The molecule has 6 nitrogen and oxygen atoms in total. The molecule has 0 unspecified atom stereocenters. The second-order valence-corrected chi connectivity index (χ2v) is 7.78. The summed E-state index contributed by atoms with van der Waals surface area (Å²) in [6.45, 7) is 7.82. The summed E-state index contributed by atoms with van der Waals surface area (Å²) in [6.07, 6.45) is 2.87. The zero-order valence-corrected chi connectivity index (χ0v) is 15.7. The highest BCUT2D eigenvalue weighted by molar-refractivity contribution is 5.98. The third-order valence-corrected chi connectivity index (χ3v) is 5.40. The molecule has 6 heteroatoms. The fraction of sp³-hybridized carbons (Fsp3) is 0.450. The number of hydrogen-bond donors (Lipinski definition) is 0. The highest BCUT2D eigenvalue weighted by Crippen LogP contribution is 2.24. The van der Waals surface area contributed by atoms with E-state index in [9.17, 15) is 9.59 Å². The first-order chi connectivity index (χ1) is 12.4. The smallest absolute Gasteiger partial charge is 0.270 e. The number of pyridine rings is 1. The van der Waals surface area contributed by atoms with Gasteiger partial charge in [-0.1, -0.05) is 19.9 Å². The number of aromatic nitrogens is 3. The quantitative estimate of drug-likeness (QED) is 0.676. The largest absolute Gasteiger partial charge is 0.337 e. The Morgan fingerprint density at radius 2 is 1.88 bits per heavy atom. The molecule has 3 aromatic rings. The second-order valence-electron chi connectivity index (χ2n) is 7.78. The van der Waals surface area contributed by atoms with E-state index in [0.29, 0.717) is 34.2 Å². The lowest BCUT2D eigenvalue weighted by Gasteiger charge is -2.35. The molecule has 1 saturated heterocycles. The predicted octanol–water partition coefficient (Wildman–Crippen LogP) is 2.61. The van der Waals surface area contributed by atoms with Gasteiger partial charge in [0.05, 0.1) is 5.39 Å². The van der Waals surface area contributed by atoms with Crippen molar-refractivity contribution in [3.8, 4) is 0 Å². The molecule has 0 radical (unpaired) electrons. The molecule has 1 amide bonds. The number of rotatable bonds is 1. The molecular formula is C20H24N4O2. The van der Waals surface area contributed by atoms with Gasteiger partial charge in [0.2, 0.25) is 0 Å². The van der Waals surface area contributed by atoms with Crippen LogP contribution in [0, 0.1) is 18.8 Å². The van der Waals surface area contributed by atoms with E-state index in [1.165, 1.54) is 0 Å². The van der Waals surface area contributed by atoms with Gasteiger partial charge in [0.1, 0.15) is 17.0 Å². The SMILES string of the molecule is Cc1cccn2c(=O)c3cc(C(=O)N4C[C@@H](C)C[C@H](C)C4)n(C)c3nc12. The molecule has 0 N–H and O–H groups in total. The summed E-state index contributed by atoms with van der Waals surface area (Å²) in [5.74, 6) is 0.965. The Morgan fingerprint density at radius 1 is 1.19 bits per heavy atom. The van der Waals surface area contributed by atoms with Crippen LogP contribution in [0.5, 0.6) is 0 Å². The number of aryl methyl sites for hydroxylation is 2. The fourth-order valence-corrected chi connectivity index (χ4v) is 4.23. The van der Waals surface area contributed by atoms with Crippen LogP contribution in [0.3, 0.4) is 0 Å². The van der Waals surface area contributed by atoms with E-state index in [2.05, 4.69) is 18.8 Å². The summed E-state index contributed by atoms with van der Waals surface area (Å²) in [4.78, 5) is 32.6. The summed E-state index contributed by atoms with van der Waals surface area (Å²) < 4.78 is 3.31. The molecule has 0 aromatic carbocycles. The van der Waals surface area contributed by atoms with Gasteiger partial charge < -0.3 is 9.47 Å². The first kappa shape index (κ1) is 16.8. The van der Waals surface area contributed by atoms with Gasteiger partial charge in [-0.3, -0.25) is 14.0 Å². The maximum atomic E-state index is 13.1. The minimum absolute atomic E-state index is 0.0194. The van der Waals surface area contributed by atoms with E-state index in [-0.39, 0.29) is 11.5 Å². The molecule has 0 spiro atoms. The molecule has 4 heterocycles. The lowest BCUT2D eigenvalue weighted by Crippen LogP contribution is -2.43. The van der Waals surface area contributed by atoms with Crippen LogP contribution in [0.4, 0.5) is 0 Å². The molecule has 3 aromatic heterocycles. The van der Waals surface area contributed by atoms with E-state index in [1.807, 2.05) is 31.0 Å². The average Bonchev–Trinajstić information content (AvgIpc) is 2.92. The van der Waals surface area contributed by atoms with E-state index < -0.39 is 0 Å². The predicted molar refractivity (Wildman–Crippen MR) is 102 cm³/mol. The van der Waals surface area contributed by atoms with Crippen LogP contribution in [0.15, 0.2) is 29.2 Å². The van der Waals surface area contributed by atoms with Gasteiger partial charge in [-0.25, -0.2) is 4.98 Å². The van der Waals surface area contributed by atoms with E-state index in [1.54, 1.807) is 21.2 Å². The van der Waals surface area contributed by atoms with Gasteiger partial charge in [-0.2, -0.15) is 0 Å². The monoisotopic (exact) mass is 352 g/mol. The van der Waals surface area contributed by atoms with Crippen LogP contribution in [-0.4, -0.2) is 37.8 Å².